The lowest BCUT2D eigenvalue weighted by atomic mass is 9.94. The van der Waals surface area contributed by atoms with Crippen molar-refractivity contribution in [1.29, 1.82) is 0 Å². The maximum atomic E-state index is 14.0. The van der Waals surface area contributed by atoms with Gasteiger partial charge < -0.3 is 30.2 Å². The first kappa shape index (κ1) is 47.3. The van der Waals surface area contributed by atoms with Crippen molar-refractivity contribution in [3.05, 3.63) is 116 Å². The fraction of sp³-hybridized carbons (Fsp3) is 0.462. The van der Waals surface area contributed by atoms with Crippen LogP contribution in [0.1, 0.15) is 111 Å². The van der Waals surface area contributed by atoms with Gasteiger partial charge in [0.05, 0.1) is 11.1 Å². The number of piperidine rings is 1. The molecule has 3 saturated heterocycles. The Bertz CT molecular complexity index is 2560. The van der Waals surface area contributed by atoms with Crippen LogP contribution in [0, 0.1) is 20.8 Å². The molecule has 0 saturated carbocycles. The Kier molecular flexibility index (Phi) is 15.0. The standard InChI is InChI=1S/C52H64N8O7/c1-5-59(39-18-26-67-27-19-39)45-30-38(29-41(35(45)4)48(62)54-31-42-33(2)28-34(3)55-49(42)63)37-14-12-36(13-15-37)32-58-24-22-57(23-25-58)21-8-6-7-20-53-43-11-9-10-40-47(43)52(66)60(51(40)65)44-16-17-46(61)56-50(44)64/h9-15,28-30,39,44,53H,5-8,16-27,31-32H2,1-4H3,(H,54,62)(H,55,63)(H,56,61,64). The van der Waals surface area contributed by atoms with E-state index < -0.39 is 29.7 Å². The fourth-order valence-corrected chi connectivity index (χ4v) is 10.1. The molecule has 0 spiro atoms. The van der Waals surface area contributed by atoms with Gasteiger partial charge in [0.15, 0.2) is 0 Å². The number of carbonyl (C=O) groups excluding carboxylic acids is 5. The number of unbranched alkanes of at least 4 members (excludes halogenated alkanes) is 2. The summed E-state index contributed by atoms with van der Waals surface area (Å²) in [5.41, 5.74) is 9.00. The first-order valence-corrected chi connectivity index (χ1v) is 24.0. The molecule has 67 heavy (non-hydrogen) atoms. The molecule has 3 aromatic carbocycles. The summed E-state index contributed by atoms with van der Waals surface area (Å²) >= 11 is 0. The SMILES string of the molecule is CCN(c1cc(-c2ccc(CN3CCN(CCCCCNc4cccc5c4C(=O)N(C4CCC(=O)NC4=O)C5=O)CC3)cc2)cc(C(=O)NCc2c(C)cc(C)[nH]c2=O)c1C)C1CCOCC1. The lowest BCUT2D eigenvalue weighted by molar-refractivity contribution is -0.136. The maximum absolute atomic E-state index is 14.0. The zero-order chi connectivity index (χ0) is 47.2. The number of carbonyl (C=O) groups is 5. The number of pyridine rings is 1. The highest BCUT2D eigenvalue weighted by molar-refractivity contribution is 6.25. The van der Waals surface area contributed by atoms with Crippen molar-refractivity contribution in [2.45, 2.75) is 97.8 Å². The molecule has 15 heteroatoms. The Morgan fingerprint density at radius 2 is 1.58 bits per heavy atom. The summed E-state index contributed by atoms with van der Waals surface area (Å²) in [4.78, 5) is 88.8. The van der Waals surface area contributed by atoms with E-state index in [0.29, 0.717) is 29.4 Å². The molecule has 354 valence electrons. The second-order valence-corrected chi connectivity index (χ2v) is 18.4. The van der Waals surface area contributed by atoms with Gasteiger partial charge in [-0.1, -0.05) is 36.8 Å². The van der Waals surface area contributed by atoms with Gasteiger partial charge in [0, 0.05) is 106 Å². The Morgan fingerprint density at radius 1 is 0.836 bits per heavy atom. The summed E-state index contributed by atoms with van der Waals surface area (Å²) in [6.07, 6.45) is 5.04. The quantitative estimate of drug-likeness (QED) is 0.0755. The van der Waals surface area contributed by atoms with Gasteiger partial charge in [-0.3, -0.25) is 43.9 Å². The number of anilines is 2. The van der Waals surface area contributed by atoms with Crippen LogP contribution >= 0.6 is 0 Å². The predicted molar refractivity (Wildman–Crippen MR) is 258 cm³/mol. The van der Waals surface area contributed by atoms with Gasteiger partial charge in [-0.25, -0.2) is 0 Å². The third kappa shape index (κ3) is 10.7. The number of H-pyrrole nitrogens is 1. The van der Waals surface area contributed by atoms with Gasteiger partial charge in [0.1, 0.15) is 6.04 Å². The van der Waals surface area contributed by atoms with E-state index in [0.717, 1.165) is 130 Å². The van der Waals surface area contributed by atoms with Crippen LogP contribution in [0.2, 0.25) is 0 Å². The van der Waals surface area contributed by atoms with E-state index >= 15 is 0 Å². The predicted octanol–water partition coefficient (Wildman–Crippen LogP) is 5.70. The van der Waals surface area contributed by atoms with E-state index in [9.17, 15) is 28.8 Å². The number of hydrogen-bond acceptors (Lipinski definition) is 11. The van der Waals surface area contributed by atoms with Crippen LogP contribution in [0.15, 0.2) is 65.5 Å². The molecule has 3 fully saturated rings. The van der Waals surface area contributed by atoms with Gasteiger partial charge in [0.25, 0.3) is 23.3 Å². The van der Waals surface area contributed by atoms with Crippen LogP contribution in [0.4, 0.5) is 11.4 Å². The maximum Gasteiger partial charge on any atom is 0.264 e. The number of imide groups is 2. The first-order valence-electron chi connectivity index (χ1n) is 24.0. The molecule has 4 aliphatic rings. The summed E-state index contributed by atoms with van der Waals surface area (Å²) < 4.78 is 5.70. The number of ether oxygens (including phenoxy) is 1. The number of aromatic amines is 1. The number of piperazine rings is 1. The molecule has 5 amide bonds. The second kappa shape index (κ2) is 21.2. The number of hydrogen-bond donors (Lipinski definition) is 4. The highest BCUT2D eigenvalue weighted by Crippen LogP contribution is 2.35. The van der Waals surface area contributed by atoms with Crippen LogP contribution in [0.5, 0.6) is 0 Å². The normalized spacial score (nSPS) is 18.3. The van der Waals surface area contributed by atoms with Crippen molar-refractivity contribution in [1.82, 2.24) is 30.3 Å². The van der Waals surface area contributed by atoms with Gasteiger partial charge in [-0.15, -0.1) is 0 Å². The van der Waals surface area contributed by atoms with Gasteiger partial charge in [-0.2, -0.15) is 0 Å². The molecule has 1 atom stereocenters. The third-order valence-corrected chi connectivity index (χ3v) is 13.9. The zero-order valence-corrected chi connectivity index (χ0v) is 39.3. The number of amides is 5. The number of fused-ring (bicyclic) bond motifs is 1. The van der Waals surface area contributed by atoms with Crippen molar-refractivity contribution < 1.29 is 28.7 Å². The van der Waals surface area contributed by atoms with Crippen LogP contribution in [0.3, 0.4) is 0 Å². The molecule has 5 heterocycles. The summed E-state index contributed by atoms with van der Waals surface area (Å²) in [6, 6.07) is 19.3. The Balaban J connectivity index is 0.825. The molecule has 0 radical (unpaired) electrons. The first-order chi connectivity index (χ1) is 32.4. The Hall–Kier alpha value is -6.16. The average Bonchev–Trinajstić information content (AvgIpc) is 3.57. The van der Waals surface area contributed by atoms with Gasteiger partial charge in [0.2, 0.25) is 11.8 Å². The summed E-state index contributed by atoms with van der Waals surface area (Å²) in [6.45, 7) is 16.8. The number of nitrogens with zero attached hydrogens (tertiary/aromatic N) is 4. The van der Waals surface area contributed by atoms with E-state index in [2.05, 4.69) is 72.9 Å². The van der Waals surface area contributed by atoms with Gasteiger partial charge in [-0.05, 0) is 124 Å². The van der Waals surface area contributed by atoms with E-state index in [4.69, 9.17) is 4.74 Å². The Morgan fingerprint density at radius 3 is 2.30 bits per heavy atom. The summed E-state index contributed by atoms with van der Waals surface area (Å²) in [7, 11) is 0. The molecule has 4 aromatic rings. The molecule has 15 nitrogen and oxygen atoms in total. The highest BCUT2D eigenvalue weighted by atomic mass is 16.5. The Labute approximate surface area is 392 Å². The van der Waals surface area contributed by atoms with Crippen molar-refractivity contribution in [2.24, 2.45) is 0 Å². The molecular weight excluding hydrogens is 849 g/mol. The minimum atomic E-state index is -0.986. The molecule has 0 aliphatic carbocycles. The zero-order valence-electron chi connectivity index (χ0n) is 39.3. The number of rotatable bonds is 17. The van der Waals surface area contributed by atoms with Crippen molar-refractivity contribution in [2.75, 3.05) is 69.2 Å². The number of aromatic nitrogens is 1. The van der Waals surface area contributed by atoms with Crippen molar-refractivity contribution in [3.63, 3.8) is 0 Å². The summed E-state index contributed by atoms with van der Waals surface area (Å²) in [5.74, 6) is -2.22. The van der Waals surface area contributed by atoms with Crippen LogP contribution in [-0.4, -0.2) is 120 Å². The molecule has 4 aliphatic heterocycles. The monoisotopic (exact) mass is 912 g/mol. The number of nitrogens with one attached hydrogen (secondary N) is 4. The number of benzene rings is 3. The van der Waals surface area contributed by atoms with E-state index in [1.807, 2.05) is 32.9 Å². The average molecular weight is 913 g/mol. The highest BCUT2D eigenvalue weighted by Gasteiger charge is 2.45. The molecule has 4 N–H and O–H groups in total. The second-order valence-electron chi connectivity index (χ2n) is 18.4. The minimum Gasteiger partial charge on any atom is -0.384 e. The van der Waals surface area contributed by atoms with Gasteiger partial charge >= 0.3 is 0 Å². The molecule has 1 unspecified atom stereocenters. The molecule has 0 bridgehead atoms. The molecule has 8 rings (SSSR count). The fourth-order valence-electron chi connectivity index (χ4n) is 10.1. The third-order valence-electron chi connectivity index (χ3n) is 13.9. The summed E-state index contributed by atoms with van der Waals surface area (Å²) in [5, 5.41) is 8.66. The lowest BCUT2D eigenvalue weighted by Crippen LogP contribution is -2.54. The molecule has 1 aromatic heterocycles. The van der Waals surface area contributed by atoms with Crippen LogP contribution in [0.25, 0.3) is 11.1 Å². The van der Waals surface area contributed by atoms with E-state index in [-0.39, 0.29) is 42.0 Å². The lowest BCUT2D eigenvalue weighted by Gasteiger charge is -2.37. The molecular formula is C52H64N8O7. The van der Waals surface area contributed by atoms with Crippen molar-refractivity contribution in [3.8, 4) is 11.1 Å². The smallest absolute Gasteiger partial charge is 0.264 e. The van der Waals surface area contributed by atoms with Crippen LogP contribution in [-0.2, 0) is 27.4 Å². The van der Waals surface area contributed by atoms with Crippen molar-refractivity contribution >= 4 is 40.9 Å². The number of aryl methyl sites for hydroxylation is 2. The van der Waals surface area contributed by atoms with Crippen LogP contribution < -0.4 is 26.4 Å². The minimum absolute atomic E-state index is 0.0851. The van der Waals surface area contributed by atoms with E-state index in [1.165, 1.54) is 5.56 Å². The van der Waals surface area contributed by atoms with E-state index in [1.54, 1.807) is 18.2 Å². The largest absolute Gasteiger partial charge is 0.384 e. The topological polar surface area (TPSA) is 176 Å².